The number of carbonyl (C=O) groups is 2. The summed E-state index contributed by atoms with van der Waals surface area (Å²) >= 11 is -1.99. The number of carboxylic acid groups (broad SMARTS) is 2. The Balaban J connectivity index is 0. The van der Waals surface area contributed by atoms with Crippen LogP contribution < -0.4 is 0 Å². The molecule has 0 radical (unpaired) electrons. The summed E-state index contributed by atoms with van der Waals surface area (Å²) in [4.78, 5) is 19.8. The van der Waals surface area contributed by atoms with Gasteiger partial charge >= 0.3 is 83.2 Å². The summed E-state index contributed by atoms with van der Waals surface area (Å²) in [6.07, 6.45) is 5.82. The molecule has 0 spiro atoms. The monoisotopic (exact) mass is 396 g/mol. The molecule has 2 N–H and O–H groups in total. The van der Waals surface area contributed by atoms with Gasteiger partial charge in [0.05, 0.1) is 0 Å². The molecule has 118 valence electrons. The Bertz CT molecular complexity index is 253. The Hall–Kier alpha value is -0.461. The predicted molar refractivity (Wildman–Crippen MR) is 79.6 cm³/mol. The molecule has 0 aromatic rings. The summed E-state index contributed by atoms with van der Waals surface area (Å²) in [7, 11) is 0. The minimum absolute atomic E-state index is 0.0628. The maximum atomic E-state index is 11.2. The zero-order valence-electron chi connectivity index (χ0n) is 12.7. The van der Waals surface area contributed by atoms with Gasteiger partial charge in [0.25, 0.3) is 0 Å². The predicted octanol–water partition coefficient (Wildman–Crippen LogP) is 3.72. The summed E-state index contributed by atoms with van der Waals surface area (Å²) in [6.45, 7) is 4.33. The van der Waals surface area contributed by atoms with E-state index in [1.807, 2.05) is 0 Å². The summed E-state index contributed by atoms with van der Waals surface area (Å²) in [5.74, 6) is -1.74. The molecule has 20 heavy (non-hydrogen) atoms. The van der Waals surface area contributed by atoms with Crippen molar-refractivity contribution >= 4 is 31.7 Å². The van der Waals surface area contributed by atoms with Gasteiger partial charge in [-0.05, 0) is 12.8 Å². The largest absolute Gasteiger partial charge is 0.481 e. The second kappa shape index (κ2) is 16.6. The molecule has 0 rings (SSSR count). The molecule has 0 atom stereocenters. The van der Waals surface area contributed by atoms with Gasteiger partial charge in [0.2, 0.25) is 0 Å². The van der Waals surface area contributed by atoms with Gasteiger partial charge in [-0.15, -0.1) is 0 Å². The van der Waals surface area contributed by atoms with E-state index in [4.69, 9.17) is 10.2 Å². The maximum Gasteiger partial charge on any atom is 0.303 e. The van der Waals surface area contributed by atoms with Crippen LogP contribution in [-0.2, 0) is 12.7 Å². The fourth-order valence-electron chi connectivity index (χ4n) is 1.43. The number of aliphatic carboxylic acids is 2. The number of unbranched alkanes of at least 4 members (excludes halogenated alkanes) is 3. The van der Waals surface area contributed by atoms with Crippen LogP contribution in [0.5, 0.6) is 0 Å². The third-order valence-corrected chi connectivity index (χ3v) is 7.85. The van der Waals surface area contributed by atoms with E-state index in [2.05, 4.69) is 13.8 Å². The standard InChI is InChI=1S/C6H10O4.2C4H9.O.Sn/c7-5(8)3-1-2-4-6(9)10;2*1-3-4-2;;/h1-4H2,(H,7,8)(H,9,10);2*1,3-4H2,2H3;;. The number of hydrogen-bond donors (Lipinski definition) is 2. The molecule has 0 aliphatic heterocycles. The molecule has 0 bridgehead atoms. The van der Waals surface area contributed by atoms with Crippen molar-refractivity contribution in [3.8, 4) is 0 Å². The molecule has 0 aliphatic rings. The first-order valence-corrected chi connectivity index (χ1v) is 12.6. The molecular formula is C14H28O5Sn. The summed E-state index contributed by atoms with van der Waals surface area (Å²) in [6, 6.07) is 0. The summed E-state index contributed by atoms with van der Waals surface area (Å²) < 4.78 is 13.4. The van der Waals surface area contributed by atoms with Crippen molar-refractivity contribution in [3.63, 3.8) is 0 Å². The third-order valence-electron chi connectivity index (χ3n) is 2.65. The second-order valence-corrected chi connectivity index (χ2v) is 10.7. The van der Waals surface area contributed by atoms with Crippen molar-refractivity contribution in [1.82, 2.24) is 0 Å². The molecule has 0 saturated heterocycles. The van der Waals surface area contributed by atoms with Crippen LogP contribution in [0, 0.1) is 0 Å². The molecule has 0 aromatic carbocycles. The molecule has 0 heterocycles. The van der Waals surface area contributed by atoms with Gasteiger partial charge in [-0.1, -0.05) is 0 Å². The minimum atomic E-state index is -1.99. The average Bonchev–Trinajstić information content (AvgIpc) is 2.39. The zero-order chi connectivity index (χ0) is 15.8. The smallest absolute Gasteiger partial charge is 0.303 e. The van der Waals surface area contributed by atoms with Gasteiger partial charge in [0.15, 0.2) is 0 Å². The molecule has 0 amide bonds. The van der Waals surface area contributed by atoms with Crippen LogP contribution in [0.3, 0.4) is 0 Å². The van der Waals surface area contributed by atoms with Crippen molar-refractivity contribution in [3.05, 3.63) is 0 Å². The first kappa shape index (κ1) is 21.8. The molecule has 0 saturated carbocycles. The van der Waals surface area contributed by atoms with E-state index in [1.54, 1.807) is 0 Å². The fourth-order valence-corrected chi connectivity index (χ4v) is 6.41. The van der Waals surface area contributed by atoms with E-state index in [1.165, 1.54) is 25.7 Å². The maximum absolute atomic E-state index is 11.2. The van der Waals surface area contributed by atoms with Crippen LogP contribution in [-0.4, -0.2) is 41.9 Å². The number of rotatable bonds is 11. The summed E-state index contributed by atoms with van der Waals surface area (Å²) in [5.41, 5.74) is 0. The van der Waals surface area contributed by atoms with Gasteiger partial charge in [-0.3, -0.25) is 9.59 Å². The van der Waals surface area contributed by atoms with Crippen LogP contribution in [0.1, 0.15) is 65.2 Å². The first-order chi connectivity index (χ1) is 9.43. The van der Waals surface area contributed by atoms with E-state index < -0.39 is 31.7 Å². The van der Waals surface area contributed by atoms with Crippen LogP contribution in [0.2, 0.25) is 8.87 Å². The fraction of sp³-hybridized carbons (Fsp3) is 0.857. The zero-order valence-corrected chi connectivity index (χ0v) is 15.5. The molecule has 0 fully saturated rings. The second-order valence-electron chi connectivity index (χ2n) is 4.74. The Morgan fingerprint density at radius 2 is 1.15 bits per heavy atom. The van der Waals surface area contributed by atoms with Gasteiger partial charge in [0.1, 0.15) is 0 Å². The van der Waals surface area contributed by atoms with E-state index in [0.29, 0.717) is 12.8 Å². The molecule has 6 heteroatoms. The van der Waals surface area contributed by atoms with Crippen LogP contribution in [0.15, 0.2) is 0 Å². The number of hydrogen-bond acceptors (Lipinski definition) is 3. The van der Waals surface area contributed by atoms with Crippen LogP contribution >= 0.6 is 0 Å². The van der Waals surface area contributed by atoms with Crippen molar-refractivity contribution in [2.75, 3.05) is 0 Å². The van der Waals surface area contributed by atoms with E-state index in [9.17, 15) is 12.7 Å². The molecule has 0 aromatic heterocycles. The Kier molecular flexibility index (Phi) is 18.1. The first-order valence-electron chi connectivity index (χ1n) is 7.39. The van der Waals surface area contributed by atoms with Crippen LogP contribution in [0.25, 0.3) is 0 Å². The average molecular weight is 395 g/mol. The Morgan fingerprint density at radius 1 is 0.800 bits per heavy atom. The quantitative estimate of drug-likeness (QED) is 0.411. The SMILES string of the molecule is CCC[CH2][Sn](=[O])[CH2]CCC.O=C(O)CCCCC(=O)O. The Labute approximate surface area is 128 Å². The van der Waals surface area contributed by atoms with Crippen molar-refractivity contribution < 1.29 is 22.9 Å². The van der Waals surface area contributed by atoms with Crippen molar-refractivity contribution in [2.24, 2.45) is 0 Å². The van der Waals surface area contributed by atoms with E-state index in [-0.39, 0.29) is 12.8 Å². The van der Waals surface area contributed by atoms with Gasteiger partial charge in [-0.25, -0.2) is 0 Å². The third kappa shape index (κ3) is 22.7. The molecule has 5 nitrogen and oxygen atoms in total. The van der Waals surface area contributed by atoms with Crippen molar-refractivity contribution in [1.29, 1.82) is 0 Å². The molecular weight excluding hydrogens is 367 g/mol. The Morgan fingerprint density at radius 3 is 1.40 bits per heavy atom. The van der Waals surface area contributed by atoms with Gasteiger partial charge in [-0.2, -0.15) is 0 Å². The molecule has 0 unspecified atom stereocenters. The molecule has 0 aliphatic carbocycles. The van der Waals surface area contributed by atoms with Crippen LogP contribution in [0.4, 0.5) is 0 Å². The van der Waals surface area contributed by atoms with Gasteiger partial charge < -0.3 is 10.2 Å². The van der Waals surface area contributed by atoms with E-state index in [0.717, 1.165) is 8.87 Å². The van der Waals surface area contributed by atoms with Gasteiger partial charge in [0, 0.05) is 12.8 Å². The number of carboxylic acids is 2. The normalized spacial score (nSPS) is 9.50. The topological polar surface area (TPSA) is 91.7 Å². The van der Waals surface area contributed by atoms with E-state index >= 15 is 0 Å². The minimum Gasteiger partial charge on any atom is -0.481 e. The summed E-state index contributed by atoms with van der Waals surface area (Å²) in [5, 5.41) is 16.3. The van der Waals surface area contributed by atoms with Crippen molar-refractivity contribution in [2.45, 2.75) is 74.1 Å².